The van der Waals surface area contributed by atoms with E-state index in [-0.39, 0.29) is 6.04 Å². The summed E-state index contributed by atoms with van der Waals surface area (Å²) in [6.45, 7) is 5.77. The van der Waals surface area contributed by atoms with Crippen LogP contribution in [0, 0.1) is 0 Å². The molecule has 1 fully saturated rings. The van der Waals surface area contributed by atoms with Crippen LogP contribution in [0.25, 0.3) is 0 Å². The lowest BCUT2D eigenvalue weighted by atomic mass is 9.96. The van der Waals surface area contributed by atoms with Gasteiger partial charge in [0.15, 0.2) is 0 Å². The van der Waals surface area contributed by atoms with Gasteiger partial charge in [0.2, 0.25) is 0 Å². The number of hydrogen-bond acceptors (Lipinski definition) is 3. The van der Waals surface area contributed by atoms with Crippen LogP contribution in [0.5, 0.6) is 0 Å². The van der Waals surface area contributed by atoms with Crippen molar-refractivity contribution in [1.29, 1.82) is 0 Å². The van der Waals surface area contributed by atoms with Gasteiger partial charge in [0.05, 0.1) is 11.8 Å². The average molecular weight is 223 g/mol. The number of nitrogens with zero attached hydrogens (tertiary/aromatic N) is 3. The van der Waals surface area contributed by atoms with E-state index >= 15 is 0 Å². The summed E-state index contributed by atoms with van der Waals surface area (Å²) in [7, 11) is 1.93. The number of likely N-dealkylation sites (tertiary alicyclic amines) is 1. The Hall–Kier alpha value is -0.870. The van der Waals surface area contributed by atoms with Crippen LogP contribution < -0.4 is 0 Å². The smallest absolute Gasteiger partial charge is 0.0746 e. The highest BCUT2D eigenvalue weighted by molar-refractivity contribution is 5.05. The monoisotopic (exact) mass is 223 g/mol. The normalized spacial score (nSPS) is 22.9. The van der Waals surface area contributed by atoms with Crippen molar-refractivity contribution in [2.75, 3.05) is 6.54 Å². The van der Waals surface area contributed by atoms with Gasteiger partial charge in [-0.05, 0) is 33.2 Å². The van der Waals surface area contributed by atoms with E-state index in [0.717, 1.165) is 19.5 Å². The highest BCUT2D eigenvalue weighted by atomic mass is 16.3. The molecule has 0 spiro atoms. The van der Waals surface area contributed by atoms with Crippen molar-refractivity contribution < 1.29 is 5.11 Å². The molecular formula is C12H21N3O. The Balaban J connectivity index is 2.04. The van der Waals surface area contributed by atoms with E-state index in [0.29, 0.717) is 0 Å². The van der Waals surface area contributed by atoms with Gasteiger partial charge in [-0.25, -0.2) is 0 Å². The molecular weight excluding hydrogens is 202 g/mol. The quantitative estimate of drug-likeness (QED) is 0.836. The maximum absolute atomic E-state index is 10.1. The Morgan fingerprint density at radius 1 is 1.56 bits per heavy atom. The minimum Gasteiger partial charge on any atom is -0.389 e. The Bertz CT molecular complexity index is 353. The molecule has 0 bridgehead atoms. The number of hydrogen-bond donors (Lipinski definition) is 1. The number of aliphatic hydroxyl groups is 1. The Labute approximate surface area is 96.9 Å². The molecule has 4 heteroatoms. The minimum atomic E-state index is -0.612. The summed E-state index contributed by atoms with van der Waals surface area (Å²) in [5, 5.41) is 14.3. The van der Waals surface area contributed by atoms with Crippen LogP contribution in [0.3, 0.4) is 0 Å². The van der Waals surface area contributed by atoms with Crippen molar-refractivity contribution in [3.63, 3.8) is 0 Å². The van der Waals surface area contributed by atoms with E-state index in [1.165, 1.54) is 12.0 Å². The molecule has 1 aliphatic rings. The SMILES string of the molecule is Cn1cc(CN2CCCC2C(C)(C)O)cn1. The molecule has 1 atom stereocenters. The summed E-state index contributed by atoms with van der Waals surface area (Å²) in [5.74, 6) is 0. The molecule has 1 aliphatic heterocycles. The van der Waals surface area contributed by atoms with Crippen LogP contribution >= 0.6 is 0 Å². The molecule has 0 saturated carbocycles. The van der Waals surface area contributed by atoms with Crippen LogP contribution in [0.4, 0.5) is 0 Å². The van der Waals surface area contributed by atoms with Crippen molar-refractivity contribution in [3.8, 4) is 0 Å². The summed E-state index contributed by atoms with van der Waals surface area (Å²) < 4.78 is 1.82. The zero-order valence-electron chi connectivity index (χ0n) is 10.3. The lowest BCUT2D eigenvalue weighted by molar-refractivity contribution is -0.00502. The molecule has 1 saturated heterocycles. The standard InChI is InChI=1S/C12H21N3O/c1-12(2,16)11-5-4-6-15(11)9-10-7-13-14(3)8-10/h7-8,11,16H,4-6,9H2,1-3H3. The molecule has 1 aromatic rings. The molecule has 2 heterocycles. The molecule has 2 rings (SSSR count). The third kappa shape index (κ3) is 2.44. The predicted octanol–water partition coefficient (Wildman–Crippen LogP) is 1.16. The fraction of sp³-hybridized carbons (Fsp3) is 0.750. The van der Waals surface area contributed by atoms with E-state index in [4.69, 9.17) is 0 Å². The minimum absolute atomic E-state index is 0.271. The van der Waals surface area contributed by atoms with E-state index in [1.807, 2.05) is 38.0 Å². The maximum atomic E-state index is 10.1. The van der Waals surface area contributed by atoms with Crippen LogP contribution in [-0.2, 0) is 13.6 Å². The lowest BCUT2D eigenvalue weighted by Gasteiger charge is -2.33. The van der Waals surface area contributed by atoms with Gasteiger partial charge < -0.3 is 5.11 Å². The first-order valence-corrected chi connectivity index (χ1v) is 5.91. The van der Waals surface area contributed by atoms with Crippen molar-refractivity contribution >= 4 is 0 Å². The van der Waals surface area contributed by atoms with E-state index < -0.39 is 5.60 Å². The molecule has 0 aromatic carbocycles. The Morgan fingerprint density at radius 2 is 2.31 bits per heavy atom. The largest absolute Gasteiger partial charge is 0.389 e. The molecule has 4 nitrogen and oxygen atoms in total. The van der Waals surface area contributed by atoms with Crippen molar-refractivity contribution in [2.24, 2.45) is 7.05 Å². The van der Waals surface area contributed by atoms with Gasteiger partial charge in [-0.2, -0.15) is 5.10 Å². The van der Waals surface area contributed by atoms with E-state index in [2.05, 4.69) is 10.00 Å². The molecule has 16 heavy (non-hydrogen) atoms. The number of aromatic nitrogens is 2. The summed E-state index contributed by atoms with van der Waals surface area (Å²) in [4.78, 5) is 2.36. The number of rotatable bonds is 3. The Morgan fingerprint density at radius 3 is 2.88 bits per heavy atom. The van der Waals surface area contributed by atoms with Crippen molar-refractivity contribution in [3.05, 3.63) is 18.0 Å². The van der Waals surface area contributed by atoms with Gasteiger partial charge in [-0.1, -0.05) is 0 Å². The van der Waals surface area contributed by atoms with Crippen molar-refractivity contribution in [1.82, 2.24) is 14.7 Å². The van der Waals surface area contributed by atoms with Crippen molar-refractivity contribution in [2.45, 2.75) is 44.9 Å². The van der Waals surface area contributed by atoms with Crippen LogP contribution in [0.2, 0.25) is 0 Å². The zero-order valence-corrected chi connectivity index (χ0v) is 10.3. The Kier molecular flexibility index (Phi) is 3.04. The molecule has 0 amide bonds. The average Bonchev–Trinajstić information content (AvgIpc) is 2.74. The molecule has 1 aromatic heterocycles. The van der Waals surface area contributed by atoms with Gasteiger partial charge in [-0.3, -0.25) is 9.58 Å². The second-order valence-corrected chi connectivity index (χ2v) is 5.30. The number of aryl methyl sites for hydroxylation is 1. The third-order valence-electron chi connectivity index (χ3n) is 3.32. The first-order chi connectivity index (χ1) is 7.47. The van der Waals surface area contributed by atoms with Gasteiger partial charge >= 0.3 is 0 Å². The molecule has 90 valence electrons. The first kappa shape index (κ1) is 11.6. The van der Waals surface area contributed by atoms with Crippen LogP contribution in [0.15, 0.2) is 12.4 Å². The van der Waals surface area contributed by atoms with E-state index in [9.17, 15) is 5.11 Å². The highest BCUT2D eigenvalue weighted by Gasteiger charge is 2.35. The lowest BCUT2D eigenvalue weighted by Crippen LogP contribution is -2.45. The summed E-state index contributed by atoms with van der Waals surface area (Å²) >= 11 is 0. The predicted molar refractivity (Wildman–Crippen MR) is 62.9 cm³/mol. The van der Waals surface area contributed by atoms with Gasteiger partial charge in [0.1, 0.15) is 0 Å². The topological polar surface area (TPSA) is 41.3 Å². The summed E-state index contributed by atoms with van der Waals surface area (Å²) in [6, 6.07) is 0.271. The fourth-order valence-electron chi connectivity index (χ4n) is 2.60. The summed E-state index contributed by atoms with van der Waals surface area (Å²) in [5.41, 5.74) is 0.609. The second kappa shape index (κ2) is 4.18. The van der Waals surface area contributed by atoms with Gasteiger partial charge in [0.25, 0.3) is 0 Å². The van der Waals surface area contributed by atoms with E-state index in [1.54, 1.807) is 0 Å². The fourth-order valence-corrected chi connectivity index (χ4v) is 2.60. The third-order valence-corrected chi connectivity index (χ3v) is 3.32. The molecule has 0 radical (unpaired) electrons. The van der Waals surface area contributed by atoms with Crippen LogP contribution in [-0.4, -0.2) is 38.0 Å². The zero-order chi connectivity index (χ0) is 11.8. The van der Waals surface area contributed by atoms with Crippen LogP contribution in [0.1, 0.15) is 32.3 Å². The highest BCUT2D eigenvalue weighted by Crippen LogP contribution is 2.27. The van der Waals surface area contributed by atoms with Gasteiger partial charge in [0, 0.05) is 31.4 Å². The maximum Gasteiger partial charge on any atom is 0.0746 e. The molecule has 1 N–H and O–H groups in total. The van der Waals surface area contributed by atoms with Gasteiger partial charge in [-0.15, -0.1) is 0 Å². The molecule has 0 aliphatic carbocycles. The summed E-state index contributed by atoms with van der Waals surface area (Å²) in [6.07, 6.45) is 6.21. The second-order valence-electron chi connectivity index (χ2n) is 5.30. The first-order valence-electron chi connectivity index (χ1n) is 5.91. The molecule has 1 unspecified atom stereocenters.